The van der Waals surface area contributed by atoms with E-state index in [4.69, 9.17) is 6.42 Å². The molecule has 26 heavy (non-hydrogen) atoms. The van der Waals surface area contributed by atoms with Crippen molar-refractivity contribution in [1.82, 2.24) is 0 Å². The van der Waals surface area contributed by atoms with Crippen LogP contribution in [-0.4, -0.2) is 23.3 Å². The van der Waals surface area contributed by atoms with Gasteiger partial charge < -0.3 is 5.11 Å². The average Bonchev–Trinajstić information content (AvgIpc) is 2.84. The third-order valence-corrected chi connectivity index (χ3v) is 5.14. The molecular formula is C21H18BrNO3. The number of ketones is 1. The van der Waals surface area contributed by atoms with E-state index in [1.807, 2.05) is 19.1 Å². The first-order chi connectivity index (χ1) is 12.4. The fraction of sp³-hybridized carbons (Fsp3) is 0.238. The van der Waals surface area contributed by atoms with E-state index in [0.29, 0.717) is 21.3 Å². The highest BCUT2D eigenvalue weighted by molar-refractivity contribution is 9.10. The molecule has 132 valence electrons. The van der Waals surface area contributed by atoms with Gasteiger partial charge in [0.1, 0.15) is 0 Å². The van der Waals surface area contributed by atoms with Gasteiger partial charge in [-0.2, -0.15) is 0 Å². The van der Waals surface area contributed by atoms with E-state index in [1.54, 1.807) is 30.3 Å². The van der Waals surface area contributed by atoms with Gasteiger partial charge in [0.05, 0.1) is 18.7 Å². The van der Waals surface area contributed by atoms with Gasteiger partial charge in [-0.25, -0.2) is 0 Å². The predicted molar refractivity (Wildman–Crippen MR) is 104 cm³/mol. The molecule has 2 aromatic rings. The summed E-state index contributed by atoms with van der Waals surface area (Å²) in [4.78, 5) is 26.9. The van der Waals surface area contributed by atoms with Crippen molar-refractivity contribution < 1.29 is 14.7 Å². The number of hydrogen-bond donors (Lipinski definition) is 1. The molecule has 3 rings (SSSR count). The quantitative estimate of drug-likeness (QED) is 0.605. The van der Waals surface area contributed by atoms with Crippen molar-refractivity contribution in [3.05, 3.63) is 63.6 Å². The van der Waals surface area contributed by atoms with Gasteiger partial charge in [-0.1, -0.05) is 53.0 Å². The molecule has 1 aliphatic rings. The van der Waals surface area contributed by atoms with Crippen molar-refractivity contribution in [1.29, 1.82) is 0 Å². The largest absolute Gasteiger partial charge is 0.375 e. The van der Waals surface area contributed by atoms with Gasteiger partial charge in [-0.3, -0.25) is 14.5 Å². The minimum Gasteiger partial charge on any atom is -0.375 e. The Kier molecular flexibility index (Phi) is 4.99. The summed E-state index contributed by atoms with van der Waals surface area (Å²) >= 11 is 3.36. The first-order valence-corrected chi connectivity index (χ1v) is 9.10. The van der Waals surface area contributed by atoms with Gasteiger partial charge in [-0.15, -0.1) is 6.42 Å². The van der Waals surface area contributed by atoms with Crippen LogP contribution in [0.3, 0.4) is 0 Å². The van der Waals surface area contributed by atoms with Crippen LogP contribution < -0.4 is 4.90 Å². The van der Waals surface area contributed by atoms with Gasteiger partial charge in [0.25, 0.3) is 5.91 Å². The molecule has 1 atom stereocenters. The second kappa shape index (κ2) is 7.06. The normalized spacial score (nSPS) is 18.5. The Morgan fingerprint density at radius 1 is 1.27 bits per heavy atom. The maximum atomic E-state index is 12.9. The minimum atomic E-state index is -1.92. The van der Waals surface area contributed by atoms with Crippen molar-refractivity contribution in [2.24, 2.45) is 0 Å². The Bertz CT molecular complexity index is 914. The van der Waals surface area contributed by atoms with Crippen LogP contribution in [-0.2, 0) is 16.8 Å². The highest BCUT2D eigenvalue weighted by atomic mass is 79.9. The number of aliphatic hydroxyl groups is 1. The molecule has 4 nitrogen and oxygen atoms in total. The smallest absolute Gasteiger partial charge is 0.265 e. The van der Waals surface area contributed by atoms with E-state index in [9.17, 15) is 14.7 Å². The molecule has 1 aliphatic heterocycles. The summed E-state index contributed by atoms with van der Waals surface area (Å²) in [6, 6.07) is 12.4. The topological polar surface area (TPSA) is 57.6 Å². The zero-order valence-electron chi connectivity index (χ0n) is 14.3. The molecule has 0 bridgehead atoms. The molecule has 0 saturated carbocycles. The van der Waals surface area contributed by atoms with Crippen molar-refractivity contribution >= 4 is 33.3 Å². The van der Waals surface area contributed by atoms with Gasteiger partial charge in [-0.05, 0) is 30.2 Å². The number of aryl methyl sites for hydroxylation is 1. The Balaban J connectivity index is 1.97. The number of Topliss-reactive ketones (excluding diaryl/α,β-unsaturated/α-hetero) is 1. The Hall–Kier alpha value is -2.42. The van der Waals surface area contributed by atoms with E-state index in [1.165, 1.54) is 4.90 Å². The summed E-state index contributed by atoms with van der Waals surface area (Å²) in [5.41, 5.74) is 0.594. The fourth-order valence-corrected chi connectivity index (χ4v) is 3.56. The molecule has 0 aliphatic carbocycles. The Morgan fingerprint density at radius 3 is 2.58 bits per heavy atom. The van der Waals surface area contributed by atoms with E-state index < -0.39 is 11.5 Å². The van der Waals surface area contributed by atoms with Crippen molar-refractivity contribution in [2.75, 3.05) is 11.4 Å². The summed E-state index contributed by atoms with van der Waals surface area (Å²) < 4.78 is 0.713. The summed E-state index contributed by atoms with van der Waals surface area (Å²) in [7, 11) is 0. The second-order valence-corrected chi connectivity index (χ2v) is 7.18. The number of amides is 1. The van der Waals surface area contributed by atoms with Crippen LogP contribution in [0.25, 0.3) is 0 Å². The zero-order valence-corrected chi connectivity index (χ0v) is 15.9. The third-order valence-electron chi connectivity index (χ3n) is 4.64. The lowest BCUT2D eigenvalue weighted by atomic mass is 9.88. The molecule has 0 saturated heterocycles. The molecule has 1 unspecified atom stereocenters. The summed E-state index contributed by atoms with van der Waals surface area (Å²) in [5, 5.41) is 11.2. The predicted octanol–water partition coefficient (Wildman–Crippen LogP) is 3.45. The molecule has 0 aromatic heterocycles. The van der Waals surface area contributed by atoms with E-state index in [-0.39, 0.29) is 18.7 Å². The highest BCUT2D eigenvalue weighted by Crippen LogP contribution is 2.44. The molecular weight excluding hydrogens is 394 g/mol. The van der Waals surface area contributed by atoms with Crippen molar-refractivity contribution in [3.63, 3.8) is 0 Å². The standard InChI is InChI=1S/C21H18BrNO3/c1-3-11-23-18-10-9-16(22)12-17(18)21(26,20(23)25)13-19(24)15-7-5-14(4-2)6-8-15/h1,5-10,12,26H,4,11,13H2,2H3. The molecule has 1 N–H and O–H groups in total. The first-order valence-electron chi connectivity index (χ1n) is 8.30. The lowest BCUT2D eigenvalue weighted by Gasteiger charge is -2.22. The van der Waals surface area contributed by atoms with Crippen LogP contribution >= 0.6 is 15.9 Å². The number of nitrogens with zero attached hydrogens (tertiary/aromatic N) is 1. The molecule has 0 spiro atoms. The summed E-state index contributed by atoms with van der Waals surface area (Å²) in [5.74, 6) is 1.57. The molecule has 2 aromatic carbocycles. The fourth-order valence-electron chi connectivity index (χ4n) is 3.20. The second-order valence-electron chi connectivity index (χ2n) is 6.27. The zero-order chi connectivity index (χ0) is 18.9. The number of fused-ring (bicyclic) bond motifs is 1. The lowest BCUT2D eigenvalue weighted by molar-refractivity contribution is -0.135. The molecule has 5 heteroatoms. The lowest BCUT2D eigenvalue weighted by Crippen LogP contribution is -2.42. The van der Waals surface area contributed by atoms with Crippen LogP contribution in [0.1, 0.15) is 34.8 Å². The van der Waals surface area contributed by atoms with E-state index >= 15 is 0 Å². The monoisotopic (exact) mass is 411 g/mol. The number of terminal acetylenes is 1. The van der Waals surface area contributed by atoms with Gasteiger partial charge in [0, 0.05) is 15.6 Å². The highest BCUT2D eigenvalue weighted by Gasteiger charge is 2.50. The van der Waals surface area contributed by atoms with Crippen molar-refractivity contribution in [3.8, 4) is 12.3 Å². The van der Waals surface area contributed by atoms with Crippen LogP contribution in [0.2, 0.25) is 0 Å². The number of halogens is 1. The van der Waals surface area contributed by atoms with E-state index in [0.717, 1.165) is 12.0 Å². The van der Waals surface area contributed by atoms with Crippen molar-refractivity contribution in [2.45, 2.75) is 25.4 Å². The molecule has 1 amide bonds. The number of carbonyl (C=O) groups is 2. The number of carbonyl (C=O) groups excluding carboxylic acids is 2. The number of rotatable bonds is 5. The van der Waals surface area contributed by atoms with E-state index in [2.05, 4.69) is 21.9 Å². The number of hydrogen-bond acceptors (Lipinski definition) is 3. The molecule has 0 fully saturated rings. The Morgan fingerprint density at radius 2 is 1.96 bits per heavy atom. The first kappa shape index (κ1) is 18.4. The maximum absolute atomic E-state index is 12.9. The van der Waals surface area contributed by atoms with Gasteiger partial charge >= 0.3 is 0 Å². The minimum absolute atomic E-state index is 0.0369. The van der Waals surface area contributed by atoms with Crippen LogP contribution in [0, 0.1) is 12.3 Å². The molecule has 0 radical (unpaired) electrons. The molecule has 1 heterocycles. The van der Waals surface area contributed by atoms with Crippen LogP contribution in [0.5, 0.6) is 0 Å². The summed E-state index contributed by atoms with van der Waals surface area (Å²) in [6.07, 6.45) is 5.91. The van der Waals surface area contributed by atoms with Gasteiger partial charge in [0.15, 0.2) is 11.4 Å². The van der Waals surface area contributed by atoms with Crippen LogP contribution in [0.15, 0.2) is 46.9 Å². The number of benzene rings is 2. The summed E-state index contributed by atoms with van der Waals surface area (Å²) in [6.45, 7) is 2.07. The SMILES string of the molecule is C#CCN1C(=O)C(O)(CC(=O)c2ccc(CC)cc2)c2cc(Br)ccc21. The third kappa shape index (κ3) is 3.07. The average molecular weight is 412 g/mol. The van der Waals surface area contributed by atoms with Gasteiger partial charge in [0.2, 0.25) is 0 Å². The maximum Gasteiger partial charge on any atom is 0.265 e. The number of anilines is 1. The van der Waals surface area contributed by atoms with Crippen LogP contribution in [0.4, 0.5) is 5.69 Å². The Labute approximate surface area is 161 Å².